The first-order valence-electron chi connectivity index (χ1n) is 5.68. The molecule has 19 heavy (non-hydrogen) atoms. The van der Waals surface area contributed by atoms with Crippen molar-refractivity contribution in [3.63, 3.8) is 0 Å². The van der Waals surface area contributed by atoms with E-state index in [1.807, 2.05) is 19.9 Å². The lowest BCUT2D eigenvalue weighted by Crippen LogP contribution is -2.13. The van der Waals surface area contributed by atoms with Crippen molar-refractivity contribution in [2.45, 2.75) is 13.8 Å². The Labute approximate surface area is 114 Å². The molecule has 0 aliphatic heterocycles. The normalized spacial score (nSPS) is 10.2. The van der Waals surface area contributed by atoms with Crippen molar-refractivity contribution in [2.75, 3.05) is 5.32 Å². The minimum absolute atomic E-state index is 0.114. The van der Waals surface area contributed by atoms with Gasteiger partial charge in [0.15, 0.2) is 0 Å². The lowest BCUT2D eigenvalue weighted by molar-refractivity contribution is 0.0698. The molecule has 0 bridgehead atoms. The van der Waals surface area contributed by atoms with Gasteiger partial charge < -0.3 is 10.4 Å². The van der Waals surface area contributed by atoms with Crippen molar-refractivity contribution in [3.05, 3.63) is 51.9 Å². The molecule has 0 aliphatic carbocycles. The summed E-state index contributed by atoms with van der Waals surface area (Å²) in [5.74, 6) is -1.34. The Balaban J connectivity index is 2.25. The maximum absolute atomic E-state index is 12.1. The largest absolute Gasteiger partial charge is 0.478 e. The van der Waals surface area contributed by atoms with Crippen LogP contribution >= 0.6 is 11.3 Å². The van der Waals surface area contributed by atoms with E-state index in [0.29, 0.717) is 10.6 Å². The zero-order chi connectivity index (χ0) is 14.0. The molecule has 0 saturated carbocycles. The van der Waals surface area contributed by atoms with E-state index in [4.69, 9.17) is 5.11 Å². The highest BCUT2D eigenvalue weighted by Gasteiger charge is 2.15. The van der Waals surface area contributed by atoms with Gasteiger partial charge in [-0.3, -0.25) is 4.79 Å². The number of amides is 1. The van der Waals surface area contributed by atoms with Crippen LogP contribution in [0.25, 0.3) is 0 Å². The quantitative estimate of drug-likeness (QED) is 0.903. The Morgan fingerprint density at radius 2 is 1.79 bits per heavy atom. The highest BCUT2D eigenvalue weighted by molar-refractivity contribution is 7.14. The molecule has 2 aromatic rings. The number of benzene rings is 1. The number of carbonyl (C=O) groups excluding carboxylic acids is 1. The Kier molecular flexibility index (Phi) is 3.66. The fourth-order valence-electron chi connectivity index (χ4n) is 1.86. The Hall–Kier alpha value is -2.14. The summed E-state index contributed by atoms with van der Waals surface area (Å²) in [6.07, 6.45) is 0. The predicted octanol–water partition coefficient (Wildman–Crippen LogP) is 3.32. The summed E-state index contributed by atoms with van der Waals surface area (Å²) in [5.41, 5.74) is 2.63. The van der Waals surface area contributed by atoms with Crippen molar-refractivity contribution in [2.24, 2.45) is 0 Å². The van der Waals surface area contributed by atoms with Crippen molar-refractivity contribution >= 4 is 28.2 Å². The van der Waals surface area contributed by atoms with E-state index >= 15 is 0 Å². The average Bonchev–Trinajstić information content (AvgIpc) is 2.75. The van der Waals surface area contributed by atoms with Crippen LogP contribution in [0.5, 0.6) is 0 Å². The molecule has 0 aliphatic rings. The van der Waals surface area contributed by atoms with Gasteiger partial charge in [0.25, 0.3) is 5.91 Å². The van der Waals surface area contributed by atoms with Gasteiger partial charge in [0, 0.05) is 5.56 Å². The Bertz CT molecular complexity index is 626. The lowest BCUT2D eigenvalue weighted by Gasteiger charge is -2.06. The molecule has 0 saturated heterocycles. The lowest BCUT2D eigenvalue weighted by atomic mass is 10.1. The second kappa shape index (κ2) is 5.24. The summed E-state index contributed by atoms with van der Waals surface area (Å²) in [6.45, 7) is 3.83. The van der Waals surface area contributed by atoms with Crippen LogP contribution in [0.3, 0.4) is 0 Å². The fraction of sp³-hybridized carbons (Fsp3) is 0.143. The van der Waals surface area contributed by atoms with Crippen LogP contribution in [0.4, 0.5) is 5.00 Å². The van der Waals surface area contributed by atoms with Crippen molar-refractivity contribution < 1.29 is 14.7 Å². The Morgan fingerprint density at radius 1 is 1.16 bits per heavy atom. The van der Waals surface area contributed by atoms with E-state index in [1.165, 1.54) is 17.4 Å². The number of rotatable bonds is 3. The molecule has 0 fully saturated rings. The number of anilines is 1. The predicted molar refractivity (Wildman–Crippen MR) is 75.1 cm³/mol. The number of hydrogen-bond acceptors (Lipinski definition) is 3. The first-order valence-corrected chi connectivity index (χ1v) is 6.56. The van der Waals surface area contributed by atoms with E-state index in [0.717, 1.165) is 11.1 Å². The van der Waals surface area contributed by atoms with Crippen LogP contribution in [-0.2, 0) is 0 Å². The molecule has 0 radical (unpaired) electrons. The fourth-order valence-corrected chi connectivity index (χ4v) is 2.63. The van der Waals surface area contributed by atoms with Gasteiger partial charge in [-0.05, 0) is 37.4 Å². The molecule has 4 nitrogen and oxygen atoms in total. The molecular formula is C14H13NO3S. The van der Waals surface area contributed by atoms with Gasteiger partial charge in [0.1, 0.15) is 5.00 Å². The standard InChI is InChI=1S/C14H13NO3S/c1-8-5-9(2)7-10(6-8)12(16)15-13-11(14(17)18)3-4-19-13/h3-7H,1-2H3,(H,15,16)(H,17,18). The summed E-state index contributed by atoms with van der Waals surface area (Å²) in [7, 11) is 0. The molecular weight excluding hydrogens is 262 g/mol. The van der Waals surface area contributed by atoms with Crippen LogP contribution < -0.4 is 5.32 Å². The highest BCUT2D eigenvalue weighted by Crippen LogP contribution is 2.24. The molecule has 0 spiro atoms. The molecule has 2 N–H and O–H groups in total. The minimum atomic E-state index is -1.04. The second-order valence-corrected chi connectivity index (χ2v) is 5.22. The number of nitrogens with one attached hydrogen (secondary N) is 1. The zero-order valence-electron chi connectivity index (χ0n) is 10.6. The summed E-state index contributed by atoms with van der Waals surface area (Å²) >= 11 is 1.20. The molecule has 1 heterocycles. The van der Waals surface area contributed by atoms with Gasteiger partial charge in [0.05, 0.1) is 5.56 Å². The number of aryl methyl sites for hydroxylation is 2. The number of aromatic carboxylic acids is 1. The van der Waals surface area contributed by atoms with Crippen LogP contribution in [0.1, 0.15) is 31.8 Å². The minimum Gasteiger partial charge on any atom is -0.478 e. The smallest absolute Gasteiger partial charge is 0.338 e. The summed E-state index contributed by atoms with van der Waals surface area (Å²) in [5, 5.41) is 13.6. The van der Waals surface area contributed by atoms with Gasteiger partial charge in [-0.2, -0.15) is 0 Å². The maximum atomic E-state index is 12.1. The topological polar surface area (TPSA) is 66.4 Å². The monoisotopic (exact) mass is 275 g/mol. The van der Waals surface area contributed by atoms with Crippen molar-refractivity contribution in [1.82, 2.24) is 0 Å². The van der Waals surface area contributed by atoms with Gasteiger partial charge in [-0.1, -0.05) is 17.2 Å². The van der Waals surface area contributed by atoms with Crippen LogP contribution in [0, 0.1) is 13.8 Å². The number of carboxylic acid groups (broad SMARTS) is 1. The first kappa shape index (κ1) is 13.3. The van der Waals surface area contributed by atoms with E-state index in [1.54, 1.807) is 17.5 Å². The number of thiophene rings is 1. The summed E-state index contributed by atoms with van der Waals surface area (Å²) in [6, 6.07) is 7.00. The zero-order valence-corrected chi connectivity index (χ0v) is 11.4. The van der Waals surface area contributed by atoms with Crippen molar-refractivity contribution in [3.8, 4) is 0 Å². The van der Waals surface area contributed by atoms with Gasteiger partial charge in [0.2, 0.25) is 0 Å². The van der Waals surface area contributed by atoms with E-state index in [2.05, 4.69) is 5.32 Å². The van der Waals surface area contributed by atoms with Gasteiger partial charge in [-0.25, -0.2) is 4.79 Å². The van der Waals surface area contributed by atoms with E-state index < -0.39 is 5.97 Å². The molecule has 1 aromatic heterocycles. The maximum Gasteiger partial charge on any atom is 0.338 e. The Morgan fingerprint density at radius 3 is 2.37 bits per heavy atom. The molecule has 2 rings (SSSR count). The second-order valence-electron chi connectivity index (χ2n) is 4.30. The van der Waals surface area contributed by atoms with E-state index in [9.17, 15) is 9.59 Å². The van der Waals surface area contributed by atoms with Gasteiger partial charge in [-0.15, -0.1) is 11.3 Å². The third-order valence-corrected chi connectivity index (χ3v) is 3.44. The van der Waals surface area contributed by atoms with Gasteiger partial charge >= 0.3 is 5.97 Å². The molecule has 1 aromatic carbocycles. The van der Waals surface area contributed by atoms with Crippen LogP contribution in [0.2, 0.25) is 0 Å². The number of carboxylic acids is 1. The molecule has 0 unspecified atom stereocenters. The molecule has 98 valence electrons. The summed E-state index contributed by atoms with van der Waals surface area (Å²) in [4.78, 5) is 23.1. The number of carbonyl (C=O) groups is 2. The molecule has 1 amide bonds. The third-order valence-electron chi connectivity index (χ3n) is 2.61. The highest BCUT2D eigenvalue weighted by atomic mass is 32.1. The first-order chi connectivity index (χ1) is 8.97. The summed E-state index contributed by atoms with van der Waals surface area (Å²) < 4.78 is 0. The SMILES string of the molecule is Cc1cc(C)cc(C(=O)Nc2sccc2C(=O)O)c1. The molecule has 0 atom stereocenters. The van der Waals surface area contributed by atoms with Crippen molar-refractivity contribution in [1.29, 1.82) is 0 Å². The number of hydrogen-bond donors (Lipinski definition) is 2. The van der Waals surface area contributed by atoms with Crippen LogP contribution in [-0.4, -0.2) is 17.0 Å². The van der Waals surface area contributed by atoms with E-state index in [-0.39, 0.29) is 11.5 Å². The average molecular weight is 275 g/mol. The van der Waals surface area contributed by atoms with Crippen LogP contribution in [0.15, 0.2) is 29.6 Å². The third kappa shape index (κ3) is 3.00. The molecule has 5 heteroatoms.